The van der Waals surface area contributed by atoms with Gasteiger partial charge in [0.1, 0.15) is 18.1 Å². The first-order chi connectivity index (χ1) is 17.7. The highest BCUT2D eigenvalue weighted by Crippen LogP contribution is 2.27. The zero-order chi connectivity index (χ0) is 26.9. The minimum atomic E-state index is -0.907. The normalized spacial score (nSPS) is 11.7. The first-order valence-corrected chi connectivity index (χ1v) is 12.6. The van der Waals surface area contributed by atoms with Crippen molar-refractivity contribution in [3.63, 3.8) is 0 Å². The molecule has 1 atom stereocenters. The second-order valence-corrected chi connectivity index (χ2v) is 9.89. The summed E-state index contributed by atoms with van der Waals surface area (Å²) in [5.41, 5.74) is 5.34. The van der Waals surface area contributed by atoms with Crippen LogP contribution in [0.1, 0.15) is 70.9 Å². The van der Waals surface area contributed by atoms with Gasteiger partial charge >= 0.3 is 5.97 Å². The van der Waals surface area contributed by atoms with Crippen molar-refractivity contribution >= 4 is 11.9 Å². The predicted molar refractivity (Wildman–Crippen MR) is 145 cm³/mol. The molecule has 0 heterocycles. The molecule has 0 aliphatic carbocycles. The lowest BCUT2D eigenvalue weighted by molar-refractivity contribution is -0.136. The molecule has 37 heavy (non-hydrogen) atoms. The van der Waals surface area contributed by atoms with Crippen LogP contribution in [0.2, 0.25) is 0 Å². The molecule has 0 aliphatic heterocycles. The van der Waals surface area contributed by atoms with Crippen LogP contribution in [0.15, 0.2) is 60.7 Å². The number of aliphatic carboxylic acids is 1. The van der Waals surface area contributed by atoms with E-state index in [0.717, 1.165) is 34.4 Å². The third-order valence-electron chi connectivity index (χ3n) is 6.18. The van der Waals surface area contributed by atoms with E-state index < -0.39 is 5.97 Å². The molecular weight excluding hydrogens is 466 g/mol. The van der Waals surface area contributed by atoms with Crippen molar-refractivity contribution in [3.05, 3.63) is 94.0 Å². The van der Waals surface area contributed by atoms with Crippen LogP contribution < -0.4 is 14.8 Å². The van der Waals surface area contributed by atoms with Crippen molar-refractivity contribution in [2.75, 3.05) is 7.11 Å². The number of carboxylic acids is 1. The van der Waals surface area contributed by atoms with Crippen molar-refractivity contribution in [1.29, 1.82) is 0 Å². The fraction of sp³-hybridized carbons (Fsp3) is 0.355. The molecule has 3 rings (SSSR count). The van der Waals surface area contributed by atoms with Crippen LogP contribution >= 0.6 is 0 Å². The number of aryl methyl sites for hydroxylation is 3. The monoisotopic (exact) mass is 503 g/mol. The summed E-state index contributed by atoms with van der Waals surface area (Å²) in [7, 11) is 1.61. The summed E-state index contributed by atoms with van der Waals surface area (Å²) >= 11 is 0. The molecule has 6 nitrogen and oxygen atoms in total. The van der Waals surface area contributed by atoms with Gasteiger partial charge in [-0.1, -0.05) is 67.4 Å². The van der Waals surface area contributed by atoms with Gasteiger partial charge < -0.3 is 19.9 Å². The van der Waals surface area contributed by atoms with Crippen molar-refractivity contribution in [2.45, 2.75) is 59.6 Å². The maximum absolute atomic E-state index is 13.6. The van der Waals surface area contributed by atoms with E-state index in [1.54, 1.807) is 25.3 Å². The topological polar surface area (TPSA) is 84.9 Å². The summed E-state index contributed by atoms with van der Waals surface area (Å²) in [6.45, 7) is 8.64. The maximum atomic E-state index is 13.6. The van der Waals surface area contributed by atoms with Gasteiger partial charge in [-0.25, -0.2) is 0 Å². The zero-order valence-corrected chi connectivity index (χ0v) is 22.3. The quantitative estimate of drug-likeness (QED) is 0.298. The molecule has 1 unspecified atom stereocenters. The summed E-state index contributed by atoms with van der Waals surface area (Å²) in [6.07, 6.45) is 0.973. The Morgan fingerprint density at radius 1 is 0.946 bits per heavy atom. The van der Waals surface area contributed by atoms with E-state index >= 15 is 0 Å². The van der Waals surface area contributed by atoms with Gasteiger partial charge in [0.25, 0.3) is 5.91 Å². The molecule has 0 spiro atoms. The number of nitrogens with one attached hydrogen (secondary N) is 1. The van der Waals surface area contributed by atoms with Gasteiger partial charge in [-0.3, -0.25) is 9.59 Å². The Bertz CT molecular complexity index is 1210. The SMILES string of the molecule is COc1ccccc1COc1ccc(CCC(=O)O)c(C(=O)NC(CC(C)C)c2cc(C)cc(C)c2)c1. The molecule has 0 aromatic heterocycles. The Balaban J connectivity index is 1.89. The zero-order valence-electron chi connectivity index (χ0n) is 22.3. The minimum Gasteiger partial charge on any atom is -0.496 e. The minimum absolute atomic E-state index is 0.0613. The summed E-state index contributed by atoms with van der Waals surface area (Å²) in [6, 6.07) is 19.0. The second kappa shape index (κ2) is 12.9. The van der Waals surface area contributed by atoms with E-state index in [0.29, 0.717) is 22.8 Å². The Morgan fingerprint density at radius 2 is 1.65 bits per heavy atom. The molecule has 0 bridgehead atoms. The van der Waals surface area contributed by atoms with Crippen LogP contribution in [0.5, 0.6) is 11.5 Å². The van der Waals surface area contributed by atoms with E-state index in [-0.39, 0.29) is 31.4 Å². The molecule has 0 saturated heterocycles. The number of amides is 1. The summed E-state index contributed by atoms with van der Waals surface area (Å²) in [4.78, 5) is 24.9. The molecule has 1 amide bonds. The lowest BCUT2D eigenvalue weighted by Gasteiger charge is -2.23. The number of carbonyl (C=O) groups is 2. The number of benzene rings is 3. The highest BCUT2D eigenvalue weighted by Gasteiger charge is 2.21. The third kappa shape index (κ3) is 8.10. The Labute approximate surface area is 219 Å². The van der Waals surface area contributed by atoms with Crippen LogP contribution in [-0.4, -0.2) is 24.1 Å². The van der Waals surface area contributed by atoms with Gasteiger partial charge in [-0.2, -0.15) is 0 Å². The van der Waals surface area contributed by atoms with Crippen molar-refractivity contribution in [1.82, 2.24) is 5.32 Å². The highest BCUT2D eigenvalue weighted by atomic mass is 16.5. The van der Waals surface area contributed by atoms with Crippen LogP contribution in [0.25, 0.3) is 0 Å². The molecule has 0 aliphatic rings. The number of carboxylic acid groups (broad SMARTS) is 1. The van der Waals surface area contributed by atoms with E-state index in [2.05, 4.69) is 51.2 Å². The van der Waals surface area contributed by atoms with E-state index in [1.165, 1.54) is 0 Å². The Kier molecular flexibility index (Phi) is 9.72. The number of hydrogen-bond donors (Lipinski definition) is 2. The van der Waals surface area contributed by atoms with Crippen LogP contribution in [0.3, 0.4) is 0 Å². The number of carbonyl (C=O) groups excluding carboxylic acids is 1. The average Bonchev–Trinajstić information content (AvgIpc) is 2.85. The number of rotatable bonds is 12. The fourth-order valence-electron chi connectivity index (χ4n) is 4.50. The van der Waals surface area contributed by atoms with Crippen molar-refractivity contribution in [2.24, 2.45) is 5.92 Å². The lowest BCUT2D eigenvalue weighted by Crippen LogP contribution is -2.30. The van der Waals surface area contributed by atoms with Gasteiger partial charge in [0.2, 0.25) is 0 Å². The first kappa shape index (κ1) is 27.8. The van der Waals surface area contributed by atoms with Gasteiger partial charge in [0.05, 0.1) is 13.2 Å². The molecule has 0 saturated carbocycles. The summed E-state index contributed by atoms with van der Waals surface area (Å²) < 4.78 is 11.4. The third-order valence-corrected chi connectivity index (χ3v) is 6.18. The first-order valence-electron chi connectivity index (χ1n) is 12.6. The number of ether oxygens (including phenoxy) is 2. The highest BCUT2D eigenvalue weighted by molar-refractivity contribution is 5.96. The Morgan fingerprint density at radius 3 is 2.30 bits per heavy atom. The second-order valence-electron chi connectivity index (χ2n) is 9.89. The van der Waals surface area contributed by atoms with Gasteiger partial charge in [0, 0.05) is 17.5 Å². The molecule has 2 N–H and O–H groups in total. The van der Waals surface area contributed by atoms with Gasteiger partial charge in [-0.05, 0) is 61.9 Å². The van der Waals surface area contributed by atoms with Crippen LogP contribution in [-0.2, 0) is 17.8 Å². The maximum Gasteiger partial charge on any atom is 0.303 e. The van der Waals surface area contributed by atoms with Crippen LogP contribution in [0, 0.1) is 19.8 Å². The largest absolute Gasteiger partial charge is 0.496 e. The molecule has 0 fully saturated rings. The average molecular weight is 504 g/mol. The fourth-order valence-corrected chi connectivity index (χ4v) is 4.50. The number of methoxy groups -OCH3 is 1. The van der Waals surface area contributed by atoms with E-state index in [1.807, 2.05) is 24.3 Å². The number of para-hydroxylation sites is 1. The predicted octanol–water partition coefficient (Wildman–Crippen LogP) is 6.43. The van der Waals surface area contributed by atoms with Crippen LogP contribution in [0.4, 0.5) is 0 Å². The molecular formula is C31H37NO5. The molecule has 3 aromatic rings. The van der Waals surface area contributed by atoms with E-state index in [4.69, 9.17) is 9.47 Å². The summed E-state index contributed by atoms with van der Waals surface area (Å²) in [5, 5.41) is 12.4. The number of hydrogen-bond acceptors (Lipinski definition) is 4. The molecule has 196 valence electrons. The lowest BCUT2D eigenvalue weighted by atomic mass is 9.93. The van der Waals surface area contributed by atoms with Crippen molar-refractivity contribution in [3.8, 4) is 11.5 Å². The van der Waals surface area contributed by atoms with Gasteiger partial charge in [-0.15, -0.1) is 0 Å². The van der Waals surface area contributed by atoms with Gasteiger partial charge in [0.15, 0.2) is 0 Å². The van der Waals surface area contributed by atoms with E-state index in [9.17, 15) is 14.7 Å². The molecule has 0 radical (unpaired) electrons. The summed E-state index contributed by atoms with van der Waals surface area (Å²) in [5.74, 6) is 0.474. The Hall–Kier alpha value is -3.80. The smallest absolute Gasteiger partial charge is 0.303 e. The standard InChI is InChI=1S/C31H37NO5/c1-20(2)14-28(25-16-21(3)15-22(4)17-25)32-31(35)27-18-26(12-10-23(27)11-13-30(33)34)37-19-24-8-6-7-9-29(24)36-5/h6-10,12,15-18,20,28H,11,13-14,19H2,1-5H3,(H,32,35)(H,33,34). The molecule has 6 heteroatoms. The van der Waals surface area contributed by atoms with Crippen molar-refractivity contribution < 1.29 is 24.2 Å². The molecule has 3 aromatic carbocycles.